The van der Waals surface area contributed by atoms with Gasteiger partial charge in [-0.2, -0.15) is 0 Å². The standard InChI is InChI=1S/C11H23NO2/c1-5-7-8(3)10(11(13)14)12-9(4)6-2/h8-10,12H,5-7H2,1-4H3,(H,13,14). The third-order valence-corrected chi connectivity index (χ3v) is 2.66. The molecule has 0 aliphatic heterocycles. The topological polar surface area (TPSA) is 49.3 Å². The molecule has 0 fully saturated rings. The second-order valence-corrected chi connectivity index (χ2v) is 4.06. The van der Waals surface area contributed by atoms with Crippen LogP contribution >= 0.6 is 0 Å². The zero-order valence-electron chi connectivity index (χ0n) is 9.71. The van der Waals surface area contributed by atoms with Crippen LogP contribution < -0.4 is 5.32 Å². The molecule has 0 saturated heterocycles. The summed E-state index contributed by atoms with van der Waals surface area (Å²) in [4.78, 5) is 11.0. The minimum atomic E-state index is -0.730. The highest BCUT2D eigenvalue weighted by molar-refractivity contribution is 5.73. The number of rotatable bonds is 7. The molecule has 3 atom stereocenters. The second-order valence-electron chi connectivity index (χ2n) is 4.06. The van der Waals surface area contributed by atoms with Crippen LogP contribution in [0.25, 0.3) is 0 Å². The van der Waals surface area contributed by atoms with Crippen LogP contribution in [-0.4, -0.2) is 23.2 Å². The van der Waals surface area contributed by atoms with Crippen molar-refractivity contribution in [3.63, 3.8) is 0 Å². The fraction of sp³-hybridized carbons (Fsp3) is 0.909. The van der Waals surface area contributed by atoms with Gasteiger partial charge in [-0.1, -0.05) is 27.2 Å². The van der Waals surface area contributed by atoms with Crippen LogP contribution in [-0.2, 0) is 4.79 Å². The van der Waals surface area contributed by atoms with Gasteiger partial charge in [0.05, 0.1) is 0 Å². The Morgan fingerprint density at radius 1 is 1.36 bits per heavy atom. The van der Waals surface area contributed by atoms with Crippen molar-refractivity contribution in [3.8, 4) is 0 Å². The average Bonchev–Trinajstić information content (AvgIpc) is 2.13. The summed E-state index contributed by atoms with van der Waals surface area (Å²) in [5.74, 6) is -0.530. The van der Waals surface area contributed by atoms with Gasteiger partial charge in [-0.25, -0.2) is 0 Å². The van der Waals surface area contributed by atoms with Gasteiger partial charge in [-0.15, -0.1) is 0 Å². The van der Waals surface area contributed by atoms with Crippen molar-refractivity contribution in [2.75, 3.05) is 0 Å². The Morgan fingerprint density at radius 2 is 1.93 bits per heavy atom. The van der Waals surface area contributed by atoms with Gasteiger partial charge < -0.3 is 10.4 Å². The van der Waals surface area contributed by atoms with Gasteiger partial charge in [0, 0.05) is 6.04 Å². The van der Waals surface area contributed by atoms with Gasteiger partial charge in [0.25, 0.3) is 0 Å². The van der Waals surface area contributed by atoms with Crippen molar-refractivity contribution in [2.45, 2.75) is 59.0 Å². The number of carbonyl (C=O) groups is 1. The highest BCUT2D eigenvalue weighted by atomic mass is 16.4. The first-order chi connectivity index (χ1) is 6.52. The number of carboxylic acid groups (broad SMARTS) is 1. The Balaban J connectivity index is 4.21. The molecule has 3 nitrogen and oxygen atoms in total. The SMILES string of the molecule is CCCC(C)C(NC(C)CC)C(=O)O. The van der Waals surface area contributed by atoms with Crippen LogP contribution in [0, 0.1) is 5.92 Å². The number of aliphatic carboxylic acids is 1. The maximum atomic E-state index is 11.0. The molecule has 0 aliphatic carbocycles. The van der Waals surface area contributed by atoms with Gasteiger partial charge in [0.1, 0.15) is 6.04 Å². The zero-order valence-corrected chi connectivity index (χ0v) is 9.71. The zero-order chi connectivity index (χ0) is 11.1. The van der Waals surface area contributed by atoms with E-state index in [1.807, 2.05) is 13.8 Å². The summed E-state index contributed by atoms with van der Waals surface area (Å²) in [5.41, 5.74) is 0. The molecule has 0 aromatic heterocycles. The Bertz CT molecular complexity index is 171. The first-order valence-corrected chi connectivity index (χ1v) is 5.51. The Morgan fingerprint density at radius 3 is 2.29 bits per heavy atom. The molecule has 0 aromatic carbocycles. The van der Waals surface area contributed by atoms with Gasteiger partial charge in [-0.3, -0.25) is 4.79 Å². The van der Waals surface area contributed by atoms with Crippen LogP contribution in [0.15, 0.2) is 0 Å². The Hall–Kier alpha value is -0.570. The highest BCUT2D eigenvalue weighted by Crippen LogP contribution is 2.12. The molecule has 0 spiro atoms. The van der Waals surface area contributed by atoms with Crippen molar-refractivity contribution in [3.05, 3.63) is 0 Å². The van der Waals surface area contributed by atoms with Crippen molar-refractivity contribution in [1.82, 2.24) is 5.32 Å². The third-order valence-electron chi connectivity index (χ3n) is 2.66. The monoisotopic (exact) mass is 201 g/mol. The lowest BCUT2D eigenvalue weighted by Crippen LogP contribution is -2.45. The van der Waals surface area contributed by atoms with Crippen LogP contribution in [0.2, 0.25) is 0 Å². The van der Waals surface area contributed by atoms with Gasteiger partial charge in [-0.05, 0) is 25.7 Å². The molecule has 0 heterocycles. The maximum absolute atomic E-state index is 11.0. The van der Waals surface area contributed by atoms with Gasteiger partial charge in [0.15, 0.2) is 0 Å². The number of nitrogens with one attached hydrogen (secondary N) is 1. The molecule has 14 heavy (non-hydrogen) atoms. The first-order valence-electron chi connectivity index (χ1n) is 5.51. The van der Waals surface area contributed by atoms with E-state index in [2.05, 4.69) is 19.2 Å². The Kier molecular flexibility index (Phi) is 6.54. The van der Waals surface area contributed by atoms with Crippen LogP contribution in [0.4, 0.5) is 0 Å². The molecule has 0 rings (SSSR count). The van der Waals surface area contributed by atoms with Gasteiger partial charge >= 0.3 is 5.97 Å². The number of hydrogen-bond donors (Lipinski definition) is 2. The maximum Gasteiger partial charge on any atom is 0.320 e. The van der Waals surface area contributed by atoms with Crippen molar-refractivity contribution in [1.29, 1.82) is 0 Å². The lowest BCUT2D eigenvalue weighted by atomic mass is 9.96. The molecule has 3 unspecified atom stereocenters. The fourth-order valence-electron chi connectivity index (χ4n) is 1.53. The lowest BCUT2D eigenvalue weighted by Gasteiger charge is -2.24. The number of hydrogen-bond acceptors (Lipinski definition) is 2. The molecule has 0 saturated carbocycles. The molecular formula is C11H23NO2. The lowest BCUT2D eigenvalue weighted by molar-refractivity contribution is -0.141. The molecule has 0 aliphatic rings. The molecule has 3 heteroatoms. The molecule has 2 N–H and O–H groups in total. The van der Waals surface area contributed by atoms with E-state index in [0.29, 0.717) is 0 Å². The second kappa shape index (κ2) is 6.82. The summed E-state index contributed by atoms with van der Waals surface area (Å²) in [6.07, 6.45) is 2.95. The minimum Gasteiger partial charge on any atom is -0.480 e. The summed E-state index contributed by atoms with van der Waals surface area (Å²) in [6, 6.07) is -0.125. The molecule has 0 radical (unpaired) electrons. The summed E-state index contributed by atoms with van der Waals surface area (Å²) in [7, 11) is 0. The largest absolute Gasteiger partial charge is 0.480 e. The minimum absolute atomic E-state index is 0.200. The summed E-state index contributed by atoms with van der Waals surface area (Å²) in [5, 5.41) is 12.2. The van der Waals surface area contributed by atoms with Gasteiger partial charge in [0.2, 0.25) is 0 Å². The molecule has 0 amide bonds. The quantitative estimate of drug-likeness (QED) is 0.664. The predicted molar refractivity (Wildman–Crippen MR) is 58.4 cm³/mol. The molecule has 0 aromatic rings. The van der Waals surface area contributed by atoms with E-state index >= 15 is 0 Å². The van der Waals surface area contributed by atoms with E-state index in [0.717, 1.165) is 19.3 Å². The normalized spacial score (nSPS) is 17.4. The molecular weight excluding hydrogens is 178 g/mol. The first kappa shape index (κ1) is 13.4. The average molecular weight is 201 g/mol. The highest BCUT2D eigenvalue weighted by Gasteiger charge is 2.24. The summed E-state index contributed by atoms with van der Waals surface area (Å²) >= 11 is 0. The van der Waals surface area contributed by atoms with Crippen LogP contribution in [0.5, 0.6) is 0 Å². The summed E-state index contributed by atoms with van der Waals surface area (Å²) < 4.78 is 0. The van der Waals surface area contributed by atoms with E-state index in [1.165, 1.54) is 0 Å². The van der Waals surface area contributed by atoms with E-state index in [9.17, 15) is 4.79 Å². The van der Waals surface area contributed by atoms with E-state index in [-0.39, 0.29) is 12.0 Å². The van der Waals surface area contributed by atoms with E-state index in [4.69, 9.17) is 5.11 Å². The van der Waals surface area contributed by atoms with Crippen LogP contribution in [0.1, 0.15) is 47.0 Å². The molecule has 84 valence electrons. The summed E-state index contributed by atoms with van der Waals surface area (Å²) in [6.45, 7) is 8.16. The fourth-order valence-corrected chi connectivity index (χ4v) is 1.53. The van der Waals surface area contributed by atoms with Crippen molar-refractivity contribution in [2.24, 2.45) is 5.92 Å². The Labute approximate surface area is 86.9 Å². The smallest absolute Gasteiger partial charge is 0.320 e. The van der Waals surface area contributed by atoms with Crippen molar-refractivity contribution >= 4 is 5.97 Å². The van der Waals surface area contributed by atoms with Crippen molar-refractivity contribution < 1.29 is 9.90 Å². The molecule has 0 bridgehead atoms. The third kappa shape index (κ3) is 4.61. The van der Waals surface area contributed by atoms with E-state index < -0.39 is 12.0 Å². The van der Waals surface area contributed by atoms with Crippen LogP contribution in [0.3, 0.4) is 0 Å². The van der Waals surface area contributed by atoms with E-state index in [1.54, 1.807) is 0 Å². The predicted octanol–water partition coefficient (Wildman–Crippen LogP) is 2.26. The number of carboxylic acids is 1.